The molecule has 0 saturated carbocycles. The average Bonchev–Trinajstić information content (AvgIpc) is 3.01. The molecule has 2 aromatic carbocycles. The Bertz CT molecular complexity index is 926. The van der Waals surface area contributed by atoms with Crippen LogP contribution in [0.3, 0.4) is 0 Å². The molecule has 0 amide bonds. The van der Waals surface area contributed by atoms with Crippen molar-refractivity contribution in [1.29, 1.82) is 0 Å². The zero-order valence-electron chi connectivity index (χ0n) is 16.3. The summed E-state index contributed by atoms with van der Waals surface area (Å²) in [5.74, 6) is 1.91. The molecule has 1 N–H and O–H groups in total. The maximum Gasteiger partial charge on any atom is 0.231 e. The minimum atomic E-state index is -0.179. The van der Waals surface area contributed by atoms with Crippen LogP contribution in [0.1, 0.15) is 41.3 Å². The fourth-order valence-electron chi connectivity index (χ4n) is 3.94. The first kappa shape index (κ1) is 18.6. The lowest BCUT2D eigenvalue weighted by molar-refractivity contribution is -0.919. The highest BCUT2D eigenvalue weighted by Crippen LogP contribution is 2.38. The molecule has 2 aliphatic heterocycles. The van der Waals surface area contributed by atoms with E-state index >= 15 is 0 Å². The number of rotatable bonds is 4. The number of carbonyl (C=O) groups excluding carboxylic acids is 1. The van der Waals surface area contributed by atoms with E-state index in [2.05, 4.69) is 6.92 Å². The van der Waals surface area contributed by atoms with Crippen LogP contribution in [-0.2, 0) is 6.54 Å². The summed E-state index contributed by atoms with van der Waals surface area (Å²) >= 11 is 0. The third-order valence-corrected chi connectivity index (χ3v) is 5.70. The molecule has 0 unspecified atom stereocenters. The van der Waals surface area contributed by atoms with Crippen molar-refractivity contribution in [2.75, 3.05) is 20.2 Å². The molecule has 5 heteroatoms. The second-order valence-corrected chi connectivity index (χ2v) is 7.74. The predicted molar refractivity (Wildman–Crippen MR) is 105 cm³/mol. The fraction of sp³-hybridized carbons (Fsp3) is 0.348. The molecule has 0 aliphatic carbocycles. The Balaban J connectivity index is 1.62. The second kappa shape index (κ2) is 7.68. The van der Waals surface area contributed by atoms with Gasteiger partial charge in [0.1, 0.15) is 18.0 Å². The first-order valence-electron chi connectivity index (χ1n) is 9.80. The summed E-state index contributed by atoms with van der Waals surface area (Å²) in [5, 5.41) is 12.5. The number of carbonyl (C=O) groups is 1. The second-order valence-electron chi connectivity index (χ2n) is 7.74. The summed E-state index contributed by atoms with van der Waals surface area (Å²) < 4.78 is 11.2. The van der Waals surface area contributed by atoms with E-state index in [4.69, 9.17) is 9.47 Å². The Morgan fingerprint density at radius 1 is 1.25 bits per heavy atom. The van der Waals surface area contributed by atoms with E-state index in [0.29, 0.717) is 29.2 Å². The summed E-state index contributed by atoms with van der Waals surface area (Å²) in [4.78, 5) is 14.2. The fourth-order valence-corrected chi connectivity index (χ4v) is 3.94. The Morgan fingerprint density at radius 3 is 2.79 bits per heavy atom. The van der Waals surface area contributed by atoms with Gasteiger partial charge >= 0.3 is 0 Å². The van der Waals surface area contributed by atoms with Crippen LogP contribution in [0.4, 0.5) is 0 Å². The van der Waals surface area contributed by atoms with Gasteiger partial charge in [0.15, 0.2) is 5.76 Å². The molecule has 28 heavy (non-hydrogen) atoms. The number of fused-ring (bicyclic) bond motifs is 1. The maximum atomic E-state index is 12.8. The molecule has 0 aromatic heterocycles. The Labute approximate surface area is 165 Å². The minimum Gasteiger partial charge on any atom is -0.872 e. The number of ether oxygens (including phenoxy) is 2. The van der Waals surface area contributed by atoms with Crippen LogP contribution in [0.15, 0.2) is 42.2 Å². The van der Waals surface area contributed by atoms with Crippen molar-refractivity contribution in [3.63, 3.8) is 0 Å². The van der Waals surface area contributed by atoms with E-state index in [1.54, 1.807) is 19.3 Å². The van der Waals surface area contributed by atoms with Crippen molar-refractivity contribution in [1.82, 2.24) is 0 Å². The van der Waals surface area contributed by atoms with Crippen LogP contribution in [-0.4, -0.2) is 26.0 Å². The highest BCUT2D eigenvalue weighted by atomic mass is 16.5. The van der Waals surface area contributed by atoms with Gasteiger partial charge < -0.3 is 19.5 Å². The van der Waals surface area contributed by atoms with Gasteiger partial charge in [-0.25, -0.2) is 0 Å². The highest BCUT2D eigenvalue weighted by Gasteiger charge is 2.31. The number of piperidine rings is 1. The molecular weight excluding hydrogens is 354 g/mol. The van der Waals surface area contributed by atoms with E-state index in [-0.39, 0.29) is 17.3 Å². The van der Waals surface area contributed by atoms with Gasteiger partial charge in [0.25, 0.3) is 0 Å². The molecular formula is C23H25NO4. The number of quaternary nitrogens is 1. The molecule has 1 fully saturated rings. The van der Waals surface area contributed by atoms with Gasteiger partial charge in [-0.05, 0) is 48.6 Å². The Morgan fingerprint density at radius 2 is 2.04 bits per heavy atom. The number of hydrogen-bond acceptors (Lipinski definition) is 4. The van der Waals surface area contributed by atoms with E-state index in [9.17, 15) is 9.90 Å². The van der Waals surface area contributed by atoms with Gasteiger partial charge in [-0.15, -0.1) is 0 Å². The molecule has 0 spiro atoms. The van der Waals surface area contributed by atoms with Crippen molar-refractivity contribution in [2.45, 2.75) is 26.3 Å². The van der Waals surface area contributed by atoms with Crippen LogP contribution in [0.5, 0.6) is 17.2 Å². The molecule has 5 nitrogen and oxygen atoms in total. The van der Waals surface area contributed by atoms with Crippen molar-refractivity contribution in [2.24, 2.45) is 5.92 Å². The smallest absolute Gasteiger partial charge is 0.231 e. The van der Waals surface area contributed by atoms with Gasteiger partial charge in [-0.3, -0.25) is 4.79 Å². The maximum absolute atomic E-state index is 12.8. The van der Waals surface area contributed by atoms with Gasteiger partial charge in [0.05, 0.1) is 25.8 Å². The largest absolute Gasteiger partial charge is 0.872 e. The predicted octanol–water partition coefficient (Wildman–Crippen LogP) is 2.20. The lowest BCUT2D eigenvalue weighted by Crippen LogP contribution is -3.11. The Kier molecular flexibility index (Phi) is 5.09. The summed E-state index contributed by atoms with van der Waals surface area (Å²) in [5.41, 5.74) is 1.91. The third kappa shape index (κ3) is 3.62. The molecule has 146 valence electrons. The van der Waals surface area contributed by atoms with E-state index < -0.39 is 0 Å². The molecule has 0 bridgehead atoms. The first-order valence-corrected chi connectivity index (χ1v) is 9.80. The lowest BCUT2D eigenvalue weighted by Gasteiger charge is -2.29. The summed E-state index contributed by atoms with van der Waals surface area (Å²) in [6.07, 6.45) is 4.03. The molecule has 0 atom stereocenters. The number of allylic oxidation sites excluding steroid dienone is 1. The van der Waals surface area contributed by atoms with Gasteiger partial charge in [-0.1, -0.05) is 30.9 Å². The van der Waals surface area contributed by atoms with Crippen molar-refractivity contribution >= 4 is 11.9 Å². The van der Waals surface area contributed by atoms with E-state index in [0.717, 1.165) is 24.6 Å². The molecule has 2 aliphatic rings. The van der Waals surface area contributed by atoms with Gasteiger partial charge in [0, 0.05) is 5.56 Å². The van der Waals surface area contributed by atoms with Crippen LogP contribution >= 0.6 is 0 Å². The van der Waals surface area contributed by atoms with Crippen molar-refractivity contribution in [3.05, 3.63) is 58.8 Å². The number of likely N-dealkylation sites (tertiary alicyclic amines) is 1. The first-order chi connectivity index (χ1) is 13.5. The topological polar surface area (TPSA) is 63.0 Å². The number of nitrogens with one attached hydrogen (secondary N) is 1. The van der Waals surface area contributed by atoms with Gasteiger partial charge in [0.2, 0.25) is 5.78 Å². The zero-order valence-corrected chi connectivity index (χ0v) is 16.3. The monoisotopic (exact) mass is 379 g/mol. The van der Waals surface area contributed by atoms with Crippen LogP contribution in [0.2, 0.25) is 0 Å². The summed E-state index contributed by atoms with van der Waals surface area (Å²) in [7, 11) is 1.60. The van der Waals surface area contributed by atoms with E-state index in [1.165, 1.54) is 23.8 Å². The van der Waals surface area contributed by atoms with Crippen LogP contribution in [0.25, 0.3) is 6.08 Å². The quantitative estimate of drug-likeness (QED) is 0.828. The number of benzene rings is 2. The highest BCUT2D eigenvalue weighted by molar-refractivity contribution is 6.14. The van der Waals surface area contributed by atoms with Crippen LogP contribution < -0.4 is 19.5 Å². The summed E-state index contributed by atoms with van der Waals surface area (Å²) in [6.45, 7) is 4.97. The van der Waals surface area contributed by atoms with Crippen molar-refractivity contribution < 1.29 is 24.3 Å². The normalized spacial score (nSPS) is 22.8. The molecule has 2 heterocycles. The van der Waals surface area contributed by atoms with Crippen LogP contribution in [0, 0.1) is 5.92 Å². The lowest BCUT2D eigenvalue weighted by atomic mass is 9.98. The minimum absolute atomic E-state index is 0.0553. The third-order valence-electron chi connectivity index (χ3n) is 5.70. The number of methoxy groups -OCH3 is 1. The zero-order chi connectivity index (χ0) is 19.7. The standard InChI is InChI=1S/C23H25NO4/c1-15-8-10-24(11-9-15)14-19-20(25)7-6-18-22(26)21(28-23(18)19)13-16-4-3-5-17(12-16)27-2/h3-7,12-13,15,25H,8-11,14H2,1-2H3/b21-13-. The molecule has 2 aromatic rings. The van der Waals surface area contributed by atoms with Gasteiger partial charge in [-0.2, -0.15) is 0 Å². The SMILES string of the molecule is COc1cccc(/C=C2\Oc3c(ccc([O-])c3C[NH+]3CCC(C)CC3)C2=O)c1. The number of hydrogen-bond donors (Lipinski definition) is 1. The number of Topliss-reactive ketones (excluding diaryl/α,β-unsaturated/α-hetero) is 1. The van der Waals surface area contributed by atoms with E-state index in [1.807, 2.05) is 24.3 Å². The molecule has 1 saturated heterocycles. The Hall–Kier alpha value is -2.79. The number of ketones is 1. The molecule has 0 radical (unpaired) electrons. The molecule has 4 rings (SSSR count). The summed E-state index contributed by atoms with van der Waals surface area (Å²) in [6, 6.07) is 10.5. The average molecular weight is 379 g/mol. The van der Waals surface area contributed by atoms with Crippen molar-refractivity contribution in [3.8, 4) is 17.2 Å².